The lowest BCUT2D eigenvalue weighted by Crippen LogP contribution is -2.40. The third-order valence-electron chi connectivity index (χ3n) is 5.78. The van der Waals surface area contributed by atoms with E-state index < -0.39 is 27.7 Å². The van der Waals surface area contributed by atoms with Crippen molar-refractivity contribution in [1.82, 2.24) is 4.31 Å². The van der Waals surface area contributed by atoms with Gasteiger partial charge in [0.2, 0.25) is 10.0 Å². The fourth-order valence-corrected chi connectivity index (χ4v) is 5.38. The number of nitrogens with zero attached hydrogens (tertiary/aromatic N) is 1. The van der Waals surface area contributed by atoms with Gasteiger partial charge in [0.1, 0.15) is 11.2 Å². The fourth-order valence-electron chi connectivity index (χ4n) is 3.94. The van der Waals surface area contributed by atoms with E-state index in [-0.39, 0.29) is 23.5 Å². The van der Waals surface area contributed by atoms with E-state index in [1.807, 2.05) is 0 Å². The molecule has 35 heavy (non-hydrogen) atoms. The van der Waals surface area contributed by atoms with Gasteiger partial charge >= 0.3 is 6.18 Å². The number of fused-ring (bicyclic) bond motifs is 3. The highest BCUT2D eigenvalue weighted by molar-refractivity contribution is 7.89. The predicted octanol–water partition coefficient (Wildman–Crippen LogP) is 4.88. The van der Waals surface area contributed by atoms with Crippen molar-refractivity contribution in [2.75, 3.05) is 31.6 Å². The summed E-state index contributed by atoms with van der Waals surface area (Å²) < 4.78 is 76.7. The zero-order chi connectivity index (χ0) is 24.8. The molecule has 11 heteroatoms. The number of rotatable bonds is 4. The number of sulfonamides is 1. The summed E-state index contributed by atoms with van der Waals surface area (Å²) in [5, 5.41) is 3.90. The molecule has 1 fully saturated rings. The van der Waals surface area contributed by atoms with Crippen molar-refractivity contribution >= 4 is 43.6 Å². The summed E-state index contributed by atoms with van der Waals surface area (Å²) in [6, 6.07) is 13.4. The lowest BCUT2D eigenvalue weighted by Gasteiger charge is -2.26. The van der Waals surface area contributed by atoms with Crippen LogP contribution in [0.4, 0.5) is 18.9 Å². The number of carbonyl (C=O) groups is 1. The van der Waals surface area contributed by atoms with Crippen molar-refractivity contribution in [2.24, 2.45) is 0 Å². The molecule has 1 amide bonds. The van der Waals surface area contributed by atoms with Crippen LogP contribution in [0, 0.1) is 0 Å². The molecule has 5 rings (SSSR count). The largest absolute Gasteiger partial charge is 0.456 e. The van der Waals surface area contributed by atoms with Crippen molar-refractivity contribution in [1.29, 1.82) is 0 Å². The highest BCUT2D eigenvalue weighted by Gasteiger charge is 2.30. The van der Waals surface area contributed by atoms with Crippen LogP contribution >= 0.6 is 0 Å². The second kappa shape index (κ2) is 8.67. The number of alkyl halides is 3. The molecule has 0 spiro atoms. The van der Waals surface area contributed by atoms with Crippen LogP contribution in [0.2, 0.25) is 0 Å². The van der Waals surface area contributed by atoms with Crippen LogP contribution in [0.15, 0.2) is 70.0 Å². The van der Waals surface area contributed by atoms with Gasteiger partial charge in [0.25, 0.3) is 5.91 Å². The van der Waals surface area contributed by atoms with E-state index in [4.69, 9.17) is 9.15 Å². The number of anilines is 1. The molecular formula is C24H19F3N2O5S. The smallest absolute Gasteiger partial charge is 0.416 e. The van der Waals surface area contributed by atoms with Gasteiger partial charge in [0.15, 0.2) is 0 Å². The van der Waals surface area contributed by atoms with Gasteiger partial charge in [-0.2, -0.15) is 17.5 Å². The molecule has 0 saturated carbocycles. The zero-order valence-electron chi connectivity index (χ0n) is 18.1. The molecule has 0 radical (unpaired) electrons. The van der Waals surface area contributed by atoms with Gasteiger partial charge in [-0.1, -0.05) is 0 Å². The Morgan fingerprint density at radius 1 is 0.886 bits per heavy atom. The zero-order valence-corrected chi connectivity index (χ0v) is 18.9. The van der Waals surface area contributed by atoms with E-state index >= 15 is 0 Å². The number of hydrogen-bond acceptors (Lipinski definition) is 5. The topological polar surface area (TPSA) is 88.8 Å². The number of nitrogens with one attached hydrogen (secondary N) is 1. The first kappa shape index (κ1) is 23.3. The number of benzene rings is 3. The normalized spacial score (nSPS) is 15.5. The Morgan fingerprint density at radius 3 is 2.29 bits per heavy atom. The van der Waals surface area contributed by atoms with Crippen LogP contribution in [-0.2, 0) is 20.9 Å². The molecule has 182 valence electrons. The molecular weight excluding hydrogens is 485 g/mol. The number of ether oxygens (including phenoxy) is 1. The van der Waals surface area contributed by atoms with Crippen molar-refractivity contribution in [3.05, 3.63) is 71.8 Å². The number of amides is 1. The van der Waals surface area contributed by atoms with Gasteiger partial charge in [-0.3, -0.25) is 4.79 Å². The van der Waals surface area contributed by atoms with Crippen molar-refractivity contribution in [2.45, 2.75) is 11.1 Å². The van der Waals surface area contributed by atoms with Crippen molar-refractivity contribution in [3.8, 4) is 0 Å². The summed E-state index contributed by atoms with van der Waals surface area (Å²) in [6.45, 7) is 1.26. The third kappa shape index (κ3) is 4.49. The molecule has 3 aromatic carbocycles. The Hall–Kier alpha value is -3.41. The van der Waals surface area contributed by atoms with E-state index in [0.29, 0.717) is 40.8 Å². The van der Waals surface area contributed by atoms with E-state index in [9.17, 15) is 26.4 Å². The first-order valence-corrected chi connectivity index (χ1v) is 12.1. The van der Waals surface area contributed by atoms with Crippen LogP contribution in [-0.4, -0.2) is 44.9 Å². The summed E-state index contributed by atoms with van der Waals surface area (Å²) in [7, 11) is -3.68. The van der Waals surface area contributed by atoms with Crippen LogP contribution in [0.5, 0.6) is 0 Å². The van der Waals surface area contributed by atoms with E-state index in [2.05, 4.69) is 5.32 Å². The average molecular weight is 504 g/mol. The third-order valence-corrected chi connectivity index (χ3v) is 7.68. The summed E-state index contributed by atoms with van der Waals surface area (Å²) in [5.41, 5.74) is 0.509. The van der Waals surface area contributed by atoms with Gasteiger partial charge in [-0.25, -0.2) is 8.42 Å². The second-order valence-electron chi connectivity index (χ2n) is 8.02. The minimum atomic E-state index is -4.48. The first-order chi connectivity index (χ1) is 16.6. The van der Waals surface area contributed by atoms with Crippen LogP contribution in [0.3, 0.4) is 0 Å². The summed E-state index contributed by atoms with van der Waals surface area (Å²) in [4.78, 5) is 12.6. The Kier molecular flexibility index (Phi) is 5.78. The molecule has 0 aliphatic carbocycles. The Balaban J connectivity index is 1.41. The maximum atomic E-state index is 13.0. The quantitative estimate of drug-likeness (QED) is 0.428. The number of morpholine rings is 1. The van der Waals surface area contributed by atoms with Crippen molar-refractivity contribution < 1.29 is 35.5 Å². The van der Waals surface area contributed by atoms with E-state index in [1.54, 1.807) is 30.3 Å². The monoisotopic (exact) mass is 504 g/mol. The highest BCUT2D eigenvalue weighted by atomic mass is 32.2. The maximum absolute atomic E-state index is 13.0. The summed E-state index contributed by atoms with van der Waals surface area (Å²) in [5.74, 6) is -0.576. The standard InChI is InChI=1S/C24H19F3N2O5S/c25-24(26,27)16-3-1-15(2-4-16)23(30)28-17-5-7-19-20-14-18(6-8-21(20)34-22(19)13-17)35(31,32)29-9-11-33-12-10-29/h1-8,13-14H,9-12H2,(H,28,30). The van der Waals surface area contributed by atoms with Gasteiger partial charge in [-0.15, -0.1) is 0 Å². The van der Waals surface area contributed by atoms with Gasteiger partial charge in [-0.05, 0) is 54.6 Å². The Bertz CT molecular complexity index is 1520. The molecule has 1 aromatic heterocycles. The molecule has 0 unspecified atom stereocenters. The highest BCUT2D eigenvalue weighted by Crippen LogP contribution is 2.33. The molecule has 1 aliphatic rings. The van der Waals surface area contributed by atoms with Crippen LogP contribution in [0.25, 0.3) is 21.9 Å². The minimum Gasteiger partial charge on any atom is -0.456 e. The van der Waals surface area contributed by atoms with E-state index in [0.717, 1.165) is 24.3 Å². The molecule has 0 bridgehead atoms. The maximum Gasteiger partial charge on any atom is 0.416 e. The van der Waals surface area contributed by atoms with Gasteiger partial charge in [0.05, 0.1) is 23.7 Å². The molecule has 2 heterocycles. The molecule has 1 saturated heterocycles. The SMILES string of the molecule is O=C(Nc1ccc2c(c1)oc1ccc(S(=O)(=O)N3CCOCC3)cc12)c1ccc(C(F)(F)F)cc1. The molecule has 4 aromatic rings. The minimum absolute atomic E-state index is 0.0701. The number of furan rings is 1. The second-order valence-corrected chi connectivity index (χ2v) is 9.95. The molecule has 7 nitrogen and oxygen atoms in total. The van der Waals surface area contributed by atoms with Crippen LogP contribution < -0.4 is 5.32 Å². The fraction of sp³-hybridized carbons (Fsp3) is 0.208. The number of carbonyl (C=O) groups excluding carboxylic acids is 1. The number of hydrogen-bond donors (Lipinski definition) is 1. The lowest BCUT2D eigenvalue weighted by molar-refractivity contribution is -0.137. The van der Waals surface area contributed by atoms with E-state index in [1.165, 1.54) is 10.4 Å². The lowest BCUT2D eigenvalue weighted by atomic mass is 10.1. The summed E-state index contributed by atoms with van der Waals surface area (Å²) >= 11 is 0. The average Bonchev–Trinajstić information content (AvgIpc) is 3.21. The number of halogens is 3. The van der Waals surface area contributed by atoms with Gasteiger partial charge < -0.3 is 14.5 Å². The summed E-state index contributed by atoms with van der Waals surface area (Å²) in [6.07, 6.45) is -4.48. The first-order valence-electron chi connectivity index (χ1n) is 10.7. The van der Waals surface area contributed by atoms with Gasteiger partial charge in [0, 0.05) is 41.2 Å². The molecule has 1 N–H and O–H groups in total. The Morgan fingerprint density at radius 2 is 1.60 bits per heavy atom. The molecule has 0 atom stereocenters. The predicted molar refractivity (Wildman–Crippen MR) is 123 cm³/mol. The Labute approximate surface area is 198 Å². The molecule has 1 aliphatic heterocycles. The van der Waals surface area contributed by atoms with Crippen LogP contribution in [0.1, 0.15) is 15.9 Å². The van der Waals surface area contributed by atoms with Crippen molar-refractivity contribution in [3.63, 3.8) is 0 Å².